The summed E-state index contributed by atoms with van der Waals surface area (Å²) >= 11 is 0. The van der Waals surface area contributed by atoms with Gasteiger partial charge in [-0.3, -0.25) is 9.59 Å². The maximum atomic E-state index is 15.8. The Hall–Kier alpha value is -3.90. The molecule has 3 aliphatic heterocycles. The standard InChI is InChI=1S/C48H54N2O11S2/c51-16-4-10-37-47-33(19-28(20-36(47)54)18-26-5-1-6-27(17-26)23-52)40(55)31-8-2-9-34(39(31)41(47)56)60-43-42(57)48(59)35(13-15-45(24-53,61-43)44(48)58)46-14-3-7-30(46)12-11-29-22-49-38(21-32(29)46)50-25-62-63-37/h1-2,5-6,8-9,13,15,17,19-21,30,33,35,37,42-44,49-54,57-59H,3-4,7,10-12,14,16,18,22-25H2. The average molecular weight is 899 g/mol. The van der Waals surface area contributed by atoms with Crippen LogP contribution in [0.5, 0.6) is 5.75 Å². The number of hydrogen-bond donors (Lipinski definition) is 9. The van der Waals surface area contributed by atoms with Crippen molar-refractivity contribution in [1.82, 2.24) is 10.6 Å². The number of aliphatic hydroxyl groups is 7. The molecule has 2 aromatic carbocycles. The zero-order chi connectivity index (χ0) is 43.9. The van der Waals surface area contributed by atoms with Gasteiger partial charge in [0.1, 0.15) is 40.3 Å². The molecule has 10 rings (SSSR count). The number of nitrogens with one attached hydrogen (secondary N) is 2. The first kappa shape index (κ1) is 43.0. The summed E-state index contributed by atoms with van der Waals surface area (Å²) in [5.74, 6) is -2.22. The molecular weight excluding hydrogens is 845 g/mol. The van der Waals surface area contributed by atoms with E-state index in [-0.39, 0.29) is 54.6 Å². The van der Waals surface area contributed by atoms with Crippen LogP contribution in [-0.2, 0) is 17.8 Å². The van der Waals surface area contributed by atoms with Gasteiger partial charge in [0, 0.05) is 35.3 Å². The van der Waals surface area contributed by atoms with Crippen LogP contribution in [0.15, 0.2) is 101 Å². The van der Waals surface area contributed by atoms with Gasteiger partial charge in [-0.05, 0) is 96.9 Å². The van der Waals surface area contributed by atoms with Gasteiger partial charge in [0.05, 0.1) is 36.4 Å². The first-order valence-corrected chi connectivity index (χ1v) is 24.4. The SMILES string of the molecule is O=C1c2cccc3c2C(=O)C2(C(O)=CC(Cc4cccc(CO)c4)=CC12)C(CCCO)SSCNC1=CC2=C(CCC4CCCC24C2C=CC4(CO)OC(O3)C(O)C2(O)C4O)CN1. The number of fused-ring (bicyclic) bond motifs is 2. The fourth-order valence-corrected chi connectivity index (χ4v) is 15.4. The fraction of sp³-hybridized carbons (Fsp3) is 0.500. The summed E-state index contributed by atoms with van der Waals surface area (Å²) in [5, 5.41) is 87.7. The molecule has 3 heterocycles. The van der Waals surface area contributed by atoms with Crippen LogP contribution in [0.25, 0.3) is 0 Å². The van der Waals surface area contributed by atoms with Gasteiger partial charge >= 0.3 is 0 Å². The first-order valence-electron chi connectivity index (χ1n) is 22.0. The molecule has 11 unspecified atom stereocenters. The highest BCUT2D eigenvalue weighted by molar-refractivity contribution is 8.76. The van der Waals surface area contributed by atoms with E-state index >= 15 is 9.59 Å². The van der Waals surface area contributed by atoms with E-state index < -0.39 is 75.8 Å². The summed E-state index contributed by atoms with van der Waals surface area (Å²) in [6.45, 7) is -0.542. The third-order valence-corrected chi connectivity index (χ3v) is 18.1. The van der Waals surface area contributed by atoms with E-state index in [1.54, 1.807) is 36.4 Å². The Labute approximate surface area is 373 Å². The first-order chi connectivity index (χ1) is 30.5. The highest BCUT2D eigenvalue weighted by atomic mass is 33.1. The zero-order valence-corrected chi connectivity index (χ0v) is 36.4. The minimum Gasteiger partial charge on any atom is -0.511 e. The molecule has 1 saturated heterocycles. The second-order valence-electron chi connectivity index (χ2n) is 18.4. The smallest absolute Gasteiger partial charge is 0.230 e. The summed E-state index contributed by atoms with van der Waals surface area (Å²) in [6, 6.07) is 11.9. The molecule has 5 aliphatic carbocycles. The summed E-state index contributed by atoms with van der Waals surface area (Å²) in [6.07, 6.45) is 8.43. The van der Waals surface area contributed by atoms with Crippen LogP contribution in [0.4, 0.5) is 0 Å². The number of benzene rings is 2. The molecule has 2 fully saturated rings. The van der Waals surface area contributed by atoms with E-state index in [0.717, 1.165) is 42.6 Å². The van der Waals surface area contributed by atoms with E-state index in [4.69, 9.17) is 9.47 Å². The van der Waals surface area contributed by atoms with Crippen LogP contribution in [0.1, 0.15) is 76.8 Å². The third kappa shape index (κ3) is 6.32. The molecule has 2 spiro atoms. The Balaban J connectivity index is 1.14. The quantitative estimate of drug-likeness (QED) is 0.140. The van der Waals surface area contributed by atoms with E-state index in [0.29, 0.717) is 36.4 Å². The van der Waals surface area contributed by atoms with E-state index in [1.165, 1.54) is 39.3 Å². The second kappa shape index (κ2) is 16.2. The Bertz CT molecular complexity index is 2380. The molecule has 334 valence electrons. The van der Waals surface area contributed by atoms with E-state index in [9.17, 15) is 35.7 Å². The molecule has 7 bridgehead atoms. The maximum absolute atomic E-state index is 15.8. The number of ketones is 2. The van der Waals surface area contributed by atoms with Gasteiger partial charge in [0.15, 0.2) is 11.6 Å². The van der Waals surface area contributed by atoms with Crippen molar-refractivity contribution in [2.24, 2.45) is 28.6 Å². The van der Waals surface area contributed by atoms with Gasteiger partial charge in [-0.2, -0.15) is 0 Å². The maximum Gasteiger partial charge on any atom is 0.230 e. The number of hydrogen-bond acceptors (Lipinski definition) is 15. The highest BCUT2D eigenvalue weighted by Crippen LogP contribution is 2.66. The summed E-state index contributed by atoms with van der Waals surface area (Å²) in [5.41, 5.74) is -2.40. The van der Waals surface area contributed by atoms with Crippen molar-refractivity contribution >= 4 is 33.2 Å². The molecule has 9 N–H and O–H groups in total. The van der Waals surface area contributed by atoms with Crippen molar-refractivity contribution in [3.05, 3.63) is 123 Å². The molecule has 2 aromatic rings. The molecule has 1 saturated carbocycles. The average Bonchev–Trinajstić information content (AvgIpc) is 3.73. The predicted molar refractivity (Wildman–Crippen MR) is 236 cm³/mol. The van der Waals surface area contributed by atoms with Crippen molar-refractivity contribution in [2.75, 3.05) is 25.6 Å². The van der Waals surface area contributed by atoms with Gasteiger partial charge in [0.2, 0.25) is 6.29 Å². The number of allylic oxidation sites excluding steroid dienone is 6. The van der Waals surface area contributed by atoms with Gasteiger partial charge in [0.25, 0.3) is 0 Å². The van der Waals surface area contributed by atoms with Crippen LogP contribution >= 0.6 is 21.6 Å². The van der Waals surface area contributed by atoms with Crippen molar-refractivity contribution in [3.63, 3.8) is 0 Å². The number of aliphatic hydroxyl groups excluding tert-OH is 6. The fourth-order valence-electron chi connectivity index (χ4n) is 12.5. The van der Waals surface area contributed by atoms with Crippen molar-refractivity contribution in [2.45, 2.75) is 92.9 Å². The minimum atomic E-state index is -2.30. The third-order valence-electron chi connectivity index (χ3n) is 15.4. The molecule has 0 radical (unpaired) electrons. The Morgan fingerprint density at radius 1 is 0.984 bits per heavy atom. The second-order valence-corrected chi connectivity index (χ2v) is 21.0. The van der Waals surface area contributed by atoms with Crippen LogP contribution in [0, 0.1) is 28.6 Å². The van der Waals surface area contributed by atoms with E-state index in [1.807, 2.05) is 18.2 Å². The van der Waals surface area contributed by atoms with Crippen molar-refractivity contribution in [1.29, 1.82) is 0 Å². The number of Topliss-reactive ketones (excluding diaryl/α,β-unsaturated/α-hetero) is 2. The van der Waals surface area contributed by atoms with E-state index in [2.05, 4.69) is 16.7 Å². The lowest BCUT2D eigenvalue weighted by Gasteiger charge is -2.62. The normalized spacial score (nSPS) is 37.9. The van der Waals surface area contributed by atoms with Gasteiger partial charge < -0.3 is 55.9 Å². The molecule has 63 heavy (non-hydrogen) atoms. The molecule has 13 nitrogen and oxygen atoms in total. The molecule has 0 amide bonds. The number of ether oxygens (including phenoxy) is 2. The lowest BCUT2D eigenvalue weighted by molar-refractivity contribution is -0.356. The molecule has 15 heteroatoms. The number of carbonyl (C=O) groups excluding carboxylic acids is 2. The number of dihydropyridines is 1. The minimum absolute atomic E-state index is 0.0411. The molecule has 8 aliphatic rings. The topological polar surface area (TPSA) is 218 Å². The monoisotopic (exact) mass is 898 g/mol. The Kier molecular flexibility index (Phi) is 11.1. The zero-order valence-electron chi connectivity index (χ0n) is 34.7. The van der Waals surface area contributed by atoms with Crippen molar-refractivity contribution in [3.8, 4) is 5.75 Å². The predicted octanol–water partition coefficient (Wildman–Crippen LogP) is 4.29. The van der Waals surface area contributed by atoms with Gasteiger partial charge in [-0.25, -0.2) is 0 Å². The largest absolute Gasteiger partial charge is 0.511 e. The van der Waals surface area contributed by atoms with Crippen molar-refractivity contribution < 1.29 is 54.8 Å². The lowest BCUT2D eigenvalue weighted by Crippen LogP contribution is -2.78. The number of rotatable bonds is 7. The van der Waals surface area contributed by atoms with Crippen LogP contribution in [-0.4, -0.2) is 108 Å². The molecule has 0 aromatic heterocycles. The Morgan fingerprint density at radius 3 is 2.62 bits per heavy atom. The number of carbonyl (C=O) groups is 2. The molecule has 11 atom stereocenters. The molecular formula is C48H54N2O11S2. The van der Waals surface area contributed by atoms with Gasteiger partial charge in [-0.1, -0.05) is 82.6 Å². The van der Waals surface area contributed by atoms with Crippen LogP contribution in [0.3, 0.4) is 0 Å². The highest BCUT2D eigenvalue weighted by Gasteiger charge is 2.72. The summed E-state index contributed by atoms with van der Waals surface area (Å²) in [4.78, 5) is 30.9. The van der Waals surface area contributed by atoms with Crippen LogP contribution in [0.2, 0.25) is 0 Å². The summed E-state index contributed by atoms with van der Waals surface area (Å²) < 4.78 is 12.9. The Morgan fingerprint density at radius 2 is 1.81 bits per heavy atom. The van der Waals surface area contributed by atoms with Crippen LogP contribution < -0.4 is 15.4 Å². The van der Waals surface area contributed by atoms with Gasteiger partial charge in [-0.15, -0.1) is 0 Å². The lowest BCUT2D eigenvalue weighted by atomic mass is 9.50. The summed E-state index contributed by atoms with van der Waals surface area (Å²) in [7, 11) is 2.81.